The first-order valence-electron chi connectivity index (χ1n) is 14.3. The Labute approximate surface area is 278 Å². The maximum absolute atomic E-state index is 13.3. The largest absolute Gasteiger partial charge is 0.529 e. The normalized spacial score (nSPS) is 19.9. The Morgan fingerprint density at radius 3 is 2.68 bits per heavy atom. The molecule has 14 nitrogen and oxygen atoms in total. The second-order valence-corrected chi connectivity index (χ2v) is 12.9. The van der Waals surface area contributed by atoms with Gasteiger partial charge in [0.05, 0.1) is 31.3 Å². The summed E-state index contributed by atoms with van der Waals surface area (Å²) in [5, 5.41) is 14.1. The number of fused-ring (bicyclic) bond motifs is 2. The molecule has 5 atom stereocenters. The molecule has 0 radical (unpaired) electrons. The number of nitrogens with two attached hydrogens (primary N) is 1. The van der Waals surface area contributed by atoms with Crippen LogP contribution < -0.4 is 10.8 Å². The number of phosphoric acid groups is 1. The number of phosphoric ester groups is 1. The smallest absolute Gasteiger partial charge is 0.390 e. The van der Waals surface area contributed by atoms with E-state index in [-0.39, 0.29) is 29.8 Å². The monoisotopic (exact) mass is 702 g/mol. The van der Waals surface area contributed by atoms with E-state index in [2.05, 4.69) is 15.0 Å². The van der Waals surface area contributed by atoms with Gasteiger partial charge >= 0.3 is 13.8 Å². The van der Waals surface area contributed by atoms with Crippen LogP contribution in [0.15, 0.2) is 73.1 Å². The predicted octanol–water partition coefficient (Wildman–Crippen LogP) is 5.20. The number of imidazole rings is 1. The second kappa shape index (κ2) is 13.7. The average molecular weight is 703 g/mol. The van der Waals surface area contributed by atoms with Crippen molar-refractivity contribution in [2.24, 2.45) is 0 Å². The highest BCUT2D eigenvalue weighted by atomic mass is 35.5. The van der Waals surface area contributed by atoms with Crippen molar-refractivity contribution < 1.29 is 38.0 Å². The number of carbonyl (C=O) groups excluding carboxylic acids is 1. The zero-order chi connectivity index (χ0) is 33.3. The summed E-state index contributed by atoms with van der Waals surface area (Å²) in [6.07, 6.45) is -1.47. The van der Waals surface area contributed by atoms with Gasteiger partial charge in [-0.3, -0.25) is 18.8 Å². The molecule has 47 heavy (non-hydrogen) atoms. The van der Waals surface area contributed by atoms with E-state index in [9.17, 15) is 19.4 Å². The maximum atomic E-state index is 13.3. The van der Waals surface area contributed by atoms with E-state index in [1.165, 1.54) is 22.9 Å². The number of benzene rings is 3. The molecule has 2 aromatic heterocycles. The van der Waals surface area contributed by atoms with Crippen molar-refractivity contribution in [2.75, 3.05) is 17.4 Å². The number of hydroxylamine groups is 1. The quantitative estimate of drug-likeness (QED) is 0.0927. The second-order valence-electron chi connectivity index (χ2n) is 10.7. The maximum Gasteiger partial charge on any atom is 0.529 e. The van der Waals surface area contributed by atoms with Crippen molar-refractivity contribution in [3.05, 3.63) is 88.9 Å². The number of carbonyl (C=O) groups is 1. The Morgan fingerprint density at radius 1 is 1.15 bits per heavy atom. The van der Waals surface area contributed by atoms with E-state index in [0.29, 0.717) is 16.2 Å². The number of halogens is 2. The van der Waals surface area contributed by atoms with Crippen LogP contribution in [-0.2, 0) is 34.6 Å². The Balaban J connectivity index is 1.13. The van der Waals surface area contributed by atoms with Crippen LogP contribution in [0.5, 0.6) is 0 Å². The van der Waals surface area contributed by atoms with E-state index in [0.717, 1.165) is 16.3 Å². The minimum atomic E-state index is -4.99. The van der Waals surface area contributed by atoms with Crippen molar-refractivity contribution >= 4 is 70.4 Å². The third-order valence-electron chi connectivity index (χ3n) is 7.52. The molecule has 0 amide bonds. The van der Waals surface area contributed by atoms with E-state index >= 15 is 0 Å². The van der Waals surface area contributed by atoms with Gasteiger partial charge in [0.25, 0.3) is 0 Å². The van der Waals surface area contributed by atoms with Crippen LogP contribution in [0.4, 0.5) is 11.5 Å². The van der Waals surface area contributed by atoms with Gasteiger partial charge in [0.15, 0.2) is 17.5 Å². The number of ether oxygens (including phenoxy) is 1. The van der Waals surface area contributed by atoms with Gasteiger partial charge < -0.3 is 20.1 Å². The zero-order valence-electron chi connectivity index (χ0n) is 24.7. The molecule has 1 aliphatic heterocycles. The summed E-state index contributed by atoms with van der Waals surface area (Å²) in [6.45, 7) is 0.955. The number of aliphatic hydroxyl groups excluding tert-OH is 1. The van der Waals surface area contributed by atoms with Gasteiger partial charge in [0.2, 0.25) is 5.28 Å². The van der Waals surface area contributed by atoms with Gasteiger partial charge in [-0.05, 0) is 47.7 Å². The molecule has 1 unspecified atom stereocenters. The van der Waals surface area contributed by atoms with Crippen molar-refractivity contribution in [2.45, 2.75) is 44.4 Å². The number of nitrogen functional groups attached to an aromatic ring is 1. The molecule has 0 bridgehead atoms. The highest BCUT2D eigenvalue weighted by molar-refractivity contribution is 7.48. The van der Waals surface area contributed by atoms with Gasteiger partial charge in [-0.15, -0.1) is 0 Å². The summed E-state index contributed by atoms with van der Waals surface area (Å²) < 4.78 is 30.4. The summed E-state index contributed by atoms with van der Waals surface area (Å²) in [7, 11) is -4.99. The molecule has 4 N–H and O–H groups in total. The highest BCUT2D eigenvalue weighted by Crippen LogP contribution is 2.45. The van der Waals surface area contributed by atoms with E-state index < -0.39 is 44.9 Å². The topological polar surface area (TPSA) is 184 Å². The number of rotatable bonds is 11. The Hall–Kier alpha value is -3.85. The molecule has 3 aromatic carbocycles. The first-order valence-corrected chi connectivity index (χ1v) is 16.6. The fourth-order valence-electron chi connectivity index (χ4n) is 5.15. The number of hydrogen-bond donors (Lipinski definition) is 3. The van der Waals surface area contributed by atoms with Crippen LogP contribution in [0.3, 0.4) is 0 Å². The van der Waals surface area contributed by atoms with Gasteiger partial charge in [0.1, 0.15) is 17.8 Å². The summed E-state index contributed by atoms with van der Waals surface area (Å²) in [5.41, 5.74) is 7.75. The van der Waals surface area contributed by atoms with E-state index in [4.69, 9.17) is 47.6 Å². The number of aromatic nitrogens is 4. The lowest BCUT2D eigenvalue weighted by atomic mass is 10.1. The number of hydrogen-bond acceptors (Lipinski definition) is 12. The molecule has 5 aromatic rings. The number of aliphatic hydroxyl groups is 1. The third-order valence-corrected chi connectivity index (χ3v) is 8.83. The average Bonchev–Trinajstić information content (AvgIpc) is 3.63. The molecule has 3 heterocycles. The fraction of sp³-hybridized carbons (Fsp3) is 0.267. The molecular weight excluding hydrogens is 674 g/mol. The van der Waals surface area contributed by atoms with Gasteiger partial charge in [-0.2, -0.15) is 9.97 Å². The Kier molecular flexibility index (Phi) is 9.65. The SMILES string of the molecule is C[C@@H](C(=O)OP(=O)(O)OC[C@H]1O[C@@H](n2cnc3c(N)nc(Cl)nc32)C[C@@H]1O)N(OCc1ccc(Cl)cc1)c1cccc2ccccc12. The fourth-order valence-corrected chi connectivity index (χ4v) is 6.22. The minimum Gasteiger partial charge on any atom is -0.390 e. The van der Waals surface area contributed by atoms with Crippen molar-refractivity contribution in [1.29, 1.82) is 0 Å². The highest BCUT2D eigenvalue weighted by Gasteiger charge is 2.40. The summed E-state index contributed by atoms with van der Waals surface area (Å²) in [6, 6.07) is 18.8. The van der Waals surface area contributed by atoms with Crippen LogP contribution in [0.1, 0.15) is 25.1 Å². The molecule has 246 valence electrons. The van der Waals surface area contributed by atoms with Crippen LogP contribution in [0.2, 0.25) is 10.3 Å². The van der Waals surface area contributed by atoms with E-state index in [1.54, 1.807) is 36.4 Å². The van der Waals surface area contributed by atoms with Gasteiger partial charge in [0, 0.05) is 16.8 Å². The van der Waals surface area contributed by atoms with Gasteiger partial charge in [-0.1, -0.05) is 60.1 Å². The number of anilines is 2. The number of nitrogens with zero attached hydrogens (tertiary/aromatic N) is 5. The van der Waals surface area contributed by atoms with Crippen LogP contribution >= 0.6 is 31.0 Å². The molecule has 1 saturated heterocycles. The van der Waals surface area contributed by atoms with Crippen molar-refractivity contribution in [1.82, 2.24) is 19.5 Å². The predicted molar refractivity (Wildman–Crippen MR) is 173 cm³/mol. The summed E-state index contributed by atoms with van der Waals surface area (Å²) >= 11 is 12.0. The van der Waals surface area contributed by atoms with Crippen molar-refractivity contribution in [3.8, 4) is 0 Å². The standard InChI is InChI=1S/C30H29Cl2N6O8P/c1-17(38(43-14-18-9-11-20(31)12-10-18)22-8-4-6-19-5-2-3-7-21(19)22)29(40)46-47(41,42)44-15-24-23(39)13-25(45-24)37-16-34-26-27(33)35-30(32)36-28(26)37/h2-12,16-17,23-25,39H,13-15H2,1H3,(H,41,42)(H2,33,35,36)/t17-,23-,24+,25+/m0/s1. The molecule has 0 spiro atoms. The molecular formula is C30H29Cl2N6O8P. The lowest BCUT2D eigenvalue weighted by molar-refractivity contribution is -0.140. The first kappa shape index (κ1) is 33.1. The molecule has 17 heteroatoms. The lowest BCUT2D eigenvalue weighted by Crippen LogP contribution is -2.40. The minimum absolute atomic E-state index is 0.0560. The van der Waals surface area contributed by atoms with Crippen LogP contribution in [-0.4, -0.2) is 60.3 Å². The molecule has 1 aliphatic rings. The van der Waals surface area contributed by atoms with Crippen LogP contribution in [0.25, 0.3) is 21.9 Å². The molecule has 6 rings (SSSR count). The van der Waals surface area contributed by atoms with Gasteiger partial charge in [-0.25, -0.2) is 19.4 Å². The molecule has 0 saturated carbocycles. The van der Waals surface area contributed by atoms with E-state index in [1.807, 2.05) is 30.3 Å². The van der Waals surface area contributed by atoms with Crippen LogP contribution in [0, 0.1) is 0 Å². The zero-order valence-corrected chi connectivity index (χ0v) is 27.1. The Bertz CT molecular complexity index is 1960. The molecule has 0 aliphatic carbocycles. The first-order chi connectivity index (χ1) is 22.5. The Morgan fingerprint density at radius 2 is 1.89 bits per heavy atom. The van der Waals surface area contributed by atoms with Crippen molar-refractivity contribution in [3.63, 3.8) is 0 Å². The summed E-state index contributed by atoms with van der Waals surface area (Å²) in [5.74, 6) is -1.02. The molecule has 1 fully saturated rings. The summed E-state index contributed by atoms with van der Waals surface area (Å²) in [4.78, 5) is 42.1. The lowest BCUT2D eigenvalue weighted by Gasteiger charge is -2.30. The third kappa shape index (κ3) is 7.35.